The summed E-state index contributed by atoms with van der Waals surface area (Å²) in [6.07, 6.45) is 4.43. The van der Waals surface area contributed by atoms with Gasteiger partial charge in [0.15, 0.2) is 0 Å². The van der Waals surface area contributed by atoms with Gasteiger partial charge >= 0.3 is 0 Å². The van der Waals surface area contributed by atoms with Crippen LogP contribution in [-0.2, 0) is 0 Å². The number of aromatic nitrogens is 3. The maximum atomic E-state index is 12.4. The van der Waals surface area contributed by atoms with Crippen LogP contribution in [-0.4, -0.2) is 38.9 Å². The number of carbonyl (C=O) groups is 1. The number of likely N-dealkylation sites (tertiary alicyclic amines) is 1. The summed E-state index contributed by atoms with van der Waals surface area (Å²) in [6.45, 7) is 1.44. The third-order valence-electron chi connectivity index (χ3n) is 3.37. The van der Waals surface area contributed by atoms with E-state index < -0.39 is 0 Å². The molecule has 1 aliphatic rings. The van der Waals surface area contributed by atoms with Crippen molar-refractivity contribution in [2.24, 2.45) is 0 Å². The second-order valence-corrected chi connectivity index (χ2v) is 5.41. The first-order chi connectivity index (χ1) is 9.25. The van der Waals surface area contributed by atoms with E-state index in [2.05, 4.69) is 26.2 Å². The zero-order chi connectivity index (χ0) is 13.2. The lowest BCUT2D eigenvalue weighted by Gasteiger charge is -2.17. The van der Waals surface area contributed by atoms with Gasteiger partial charge in [0, 0.05) is 23.8 Å². The monoisotopic (exact) mass is 320 g/mol. The maximum absolute atomic E-state index is 12.4. The molecule has 1 aromatic carbocycles. The molecule has 0 radical (unpaired) electrons. The van der Waals surface area contributed by atoms with Crippen LogP contribution in [0.25, 0.3) is 0 Å². The fraction of sp³-hybridized carbons (Fsp3) is 0.308. The Labute approximate surface area is 119 Å². The molecule has 1 amide bonds. The molecule has 0 N–H and O–H groups in total. The molecule has 1 saturated heterocycles. The third-order valence-corrected chi connectivity index (χ3v) is 4.06. The summed E-state index contributed by atoms with van der Waals surface area (Å²) in [5.74, 6) is 0.0649. The van der Waals surface area contributed by atoms with E-state index in [0.29, 0.717) is 12.1 Å². The van der Waals surface area contributed by atoms with Crippen molar-refractivity contribution in [2.75, 3.05) is 13.1 Å². The summed E-state index contributed by atoms with van der Waals surface area (Å²) < 4.78 is 2.66. The van der Waals surface area contributed by atoms with Gasteiger partial charge in [0.05, 0.1) is 17.8 Å². The van der Waals surface area contributed by atoms with Crippen LogP contribution < -0.4 is 0 Å². The lowest BCUT2D eigenvalue weighted by atomic mass is 10.2. The van der Waals surface area contributed by atoms with E-state index in [1.807, 2.05) is 40.0 Å². The van der Waals surface area contributed by atoms with Gasteiger partial charge in [-0.2, -0.15) is 0 Å². The van der Waals surface area contributed by atoms with Gasteiger partial charge in [0.25, 0.3) is 5.91 Å². The van der Waals surface area contributed by atoms with E-state index in [-0.39, 0.29) is 11.9 Å². The Morgan fingerprint density at radius 3 is 2.95 bits per heavy atom. The molecular weight excluding hydrogens is 308 g/mol. The number of rotatable bonds is 2. The van der Waals surface area contributed by atoms with Crippen LogP contribution in [0.1, 0.15) is 22.8 Å². The molecule has 3 rings (SSSR count). The highest BCUT2D eigenvalue weighted by Gasteiger charge is 2.29. The van der Waals surface area contributed by atoms with Gasteiger partial charge in [0.1, 0.15) is 0 Å². The topological polar surface area (TPSA) is 51.0 Å². The van der Waals surface area contributed by atoms with Crippen molar-refractivity contribution in [1.29, 1.82) is 0 Å². The molecule has 98 valence electrons. The average molecular weight is 321 g/mol. The number of hydrogen-bond acceptors (Lipinski definition) is 3. The first-order valence-electron chi connectivity index (χ1n) is 6.15. The van der Waals surface area contributed by atoms with Gasteiger partial charge in [-0.3, -0.25) is 4.79 Å². The Bertz CT molecular complexity index is 584. The highest BCUT2D eigenvalue weighted by molar-refractivity contribution is 9.10. The van der Waals surface area contributed by atoms with Crippen LogP contribution >= 0.6 is 15.9 Å². The lowest BCUT2D eigenvalue weighted by Crippen LogP contribution is -2.29. The van der Waals surface area contributed by atoms with Crippen LogP contribution in [0.3, 0.4) is 0 Å². The molecule has 0 saturated carbocycles. The fourth-order valence-electron chi connectivity index (χ4n) is 2.36. The van der Waals surface area contributed by atoms with Crippen molar-refractivity contribution < 1.29 is 4.79 Å². The minimum atomic E-state index is 0.0649. The van der Waals surface area contributed by atoms with Crippen molar-refractivity contribution in [3.05, 3.63) is 46.7 Å². The van der Waals surface area contributed by atoms with Crippen molar-refractivity contribution in [2.45, 2.75) is 12.5 Å². The molecular formula is C13H13BrN4O. The van der Waals surface area contributed by atoms with E-state index in [9.17, 15) is 4.79 Å². The Morgan fingerprint density at radius 1 is 1.37 bits per heavy atom. The maximum Gasteiger partial charge on any atom is 0.255 e. The van der Waals surface area contributed by atoms with Gasteiger partial charge in [-0.1, -0.05) is 17.3 Å². The summed E-state index contributed by atoms with van der Waals surface area (Å²) in [4.78, 5) is 14.3. The standard InChI is InChI=1S/C13H13BrN4O/c14-12-4-2-1-3-11(12)13(19)17-7-5-10(9-17)18-8-6-15-16-18/h1-4,6,8,10H,5,7,9H2/t10-/m0/s1. The molecule has 1 fully saturated rings. The van der Waals surface area contributed by atoms with Crippen LogP contribution in [0.2, 0.25) is 0 Å². The predicted octanol–water partition coefficient (Wildman–Crippen LogP) is 2.13. The average Bonchev–Trinajstić information content (AvgIpc) is 3.09. The number of nitrogens with zero attached hydrogens (tertiary/aromatic N) is 4. The molecule has 5 nitrogen and oxygen atoms in total. The van der Waals surface area contributed by atoms with Crippen LogP contribution in [0, 0.1) is 0 Å². The molecule has 1 aliphatic heterocycles. The van der Waals surface area contributed by atoms with E-state index >= 15 is 0 Å². The van der Waals surface area contributed by atoms with Crippen LogP contribution in [0.15, 0.2) is 41.1 Å². The first-order valence-corrected chi connectivity index (χ1v) is 6.94. The molecule has 19 heavy (non-hydrogen) atoms. The number of carbonyl (C=O) groups excluding carboxylic acids is 1. The Hall–Kier alpha value is -1.69. The van der Waals surface area contributed by atoms with E-state index in [1.165, 1.54) is 0 Å². The highest BCUT2D eigenvalue weighted by atomic mass is 79.9. The van der Waals surface area contributed by atoms with E-state index in [4.69, 9.17) is 0 Å². The minimum absolute atomic E-state index is 0.0649. The van der Waals surface area contributed by atoms with Crippen molar-refractivity contribution in [1.82, 2.24) is 19.9 Å². The molecule has 0 spiro atoms. The van der Waals surface area contributed by atoms with E-state index in [1.54, 1.807) is 6.20 Å². The van der Waals surface area contributed by atoms with Gasteiger partial charge in [-0.15, -0.1) is 5.10 Å². The highest BCUT2D eigenvalue weighted by Crippen LogP contribution is 2.24. The van der Waals surface area contributed by atoms with Crippen LogP contribution in [0.4, 0.5) is 0 Å². The van der Waals surface area contributed by atoms with E-state index in [0.717, 1.165) is 17.4 Å². The second kappa shape index (κ2) is 5.13. The Balaban J connectivity index is 1.75. The summed E-state index contributed by atoms with van der Waals surface area (Å²) in [5, 5.41) is 7.81. The van der Waals surface area contributed by atoms with Gasteiger partial charge < -0.3 is 4.90 Å². The molecule has 0 aliphatic carbocycles. The molecule has 2 aromatic rings. The van der Waals surface area contributed by atoms with Gasteiger partial charge in [0.2, 0.25) is 0 Å². The lowest BCUT2D eigenvalue weighted by molar-refractivity contribution is 0.0786. The SMILES string of the molecule is O=C(c1ccccc1Br)N1CC[C@H](n2ccnn2)C1. The van der Waals surface area contributed by atoms with Crippen molar-refractivity contribution >= 4 is 21.8 Å². The molecule has 6 heteroatoms. The second-order valence-electron chi connectivity index (χ2n) is 4.56. The fourth-order valence-corrected chi connectivity index (χ4v) is 2.81. The summed E-state index contributed by atoms with van der Waals surface area (Å²) in [7, 11) is 0. The summed E-state index contributed by atoms with van der Waals surface area (Å²) >= 11 is 3.42. The number of benzene rings is 1. The smallest absolute Gasteiger partial charge is 0.255 e. The largest absolute Gasteiger partial charge is 0.336 e. The number of amides is 1. The Kier molecular flexibility index (Phi) is 3.33. The van der Waals surface area contributed by atoms with Gasteiger partial charge in [-0.25, -0.2) is 4.68 Å². The number of halogens is 1. The van der Waals surface area contributed by atoms with Crippen molar-refractivity contribution in [3.8, 4) is 0 Å². The quantitative estimate of drug-likeness (QED) is 0.851. The normalized spacial score (nSPS) is 18.8. The third kappa shape index (κ3) is 2.40. The zero-order valence-electron chi connectivity index (χ0n) is 10.2. The zero-order valence-corrected chi connectivity index (χ0v) is 11.8. The number of hydrogen-bond donors (Lipinski definition) is 0. The molecule has 2 heterocycles. The summed E-state index contributed by atoms with van der Waals surface area (Å²) in [5.41, 5.74) is 0.710. The molecule has 1 aromatic heterocycles. The predicted molar refractivity (Wildman–Crippen MR) is 73.7 cm³/mol. The Morgan fingerprint density at radius 2 is 2.21 bits per heavy atom. The minimum Gasteiger partial charge on any atom is -0.336 e. The molecule has 0 bridgehead atoms. The van der Waals surface area contributed by atoms with Crippen molar-refractivity contribution in [3.63, 3.8) is 0 Å². The van der Waals surface area contributed by atoms with Gasteiger partial charge in [-0.05, 0) is 34.5 Å². The van der Waals surface area contributed by atoms with Crippen LogP contribution in [0.5, 0.6) is 0 Å². The summed E-state index contributed by atoms with van der Waals surface area (Å²) in [6, 6.07) is 7.74. The molecule has 1 atom stereocenters. The molecule has 0 unspecified atom stereocenters. The first kappa shape index (κ1) is 12.3.